The summed E-state index contributed by atoms with van der Waals surface area (Å²) in [5, 5.41) is 11.3. The molecule has 0 saturated heterocycles. The van der Waals surface area contributed by atoms with Crippen LogP contribution in [0.25, 0.3) is 0 Å². The SMILES string of the molecule is CC(Cc1ccco1)=NO. The van der Waals surface area contributed by atoms with Crippen LogP contribution in [0.3, 0.4) is 0 Å². The van der Waals surface area contributed by atoms with Crippen molar-refractivity contribution in [3.63, 3.8) is 0 Å². The molecule has 1 N–H and O–H groups in total. The van der Waals surface area contributed by atoms with Gasteiger partial charge in [-0.2, -0.15) is 0 Å². The van der Waals surface area contributed by atoms with Gasteiger partial charge in [-0.05, 0) is 19.1 Å². The molecule has 0 radical (unpaired) electrons. The average Bonchev–Trinajstić information content (AvgIpc) is 2.40. The van der Waals surface area contributed by atoms with Crippen LogP contribution in [-0.4, -0.2) is 10.9 Å². The number of hydrogen-bond acceptors (Lipinski definition) is 3. The zero-order chi connectivity index (χ0) is 7.40. The van der Waals surface area contributed by atoms with E-state index in [1.165, 1.54) is 0 Å². The van der Waals surface area contributed by atoms with Gasteiger partial charge in [-0.3, -0.25) is 0 Å². The monoisotopic (exact) mass is 139 g/mol. The summed E-state index contributed by atoms with van der Waals surface area (Å²) in [6.45, 7) is 1.74. The summed E-state index contributed by atoms with van der Waals surface area (Å²) in [6.07, 6.45) is 2.17. The molecular weight excluding hydrogens is 130 g/mol. The van der Waals surface area contributed by atoms with E-state index in [4.69, 9.17) is 9.62 Å². The second kappa shape index (κ2) is 3.06. The van der Waals surface area contributed by atoms with Gasteiger partial charge in [-0.15, -0.1) is 0 Å². The van der Waals surface area contributed by atoms with E-state index < -0.39 is 0 Å². The second-order valence-corrected chi connectivity index (χ2v) is 2.09. The van der Waals surface area contributed by atoms with Crippen molar-refractivity contribution in [2.24, 2.45) is 5.16 Å². The number of oxime groups is 1. The molecule has 3 heteroatoms. The van der Waals surface area contributed by atoms with Crippen LogP contribution in [0.4, 0.5) is 0 Å². The third kappa shape index (κ3) is 1.62. The molecule has 10 heavy (non-hydrogen) atoms. The Bertz CT molecular complexity index is 214. The lowest BCUT2D eigenvalue weighted by molar-refractivity contribution is 0.317. The molecule has 0 amide bonds. The van der Waals surface area contributed by atoms with Gasteiger partial charge in [0.05, 0.1) is 12.0 Å². The lowest BCUT2D eigenvalue weighted by Crippen LogP contribution is -1.94. The normalized spacial score (nSPS) is 11.9. The fourth-order valence-corrected chi connectivity index (χ4v) is 0.701. The van der Waals surface area contributed by atoms with Crippen molar-refractivity contribution < 1.29 is 9.62 Å². The van der Waals surface area contributed by atoms with Gasteiger partial charge in [0.1, 0.15) is 5.76 Å². The summed E-state index contributed by atoms with van der Waals surface area (Å²) in [5.74, 6) is 0.815. The first kappa shape index (κ1) is 6.86. The van der Waals surface area contributed by atoms with E-state index in [-0.39, 0.29) is 0 Å². The van der Waals surface area contributed by atoms with Gasteiger partial charge in [-0.1, -0.05) is 5.16 Å². The van der Waals surface area contributed by atoms with Crippen LogP contribution in [0.15, 0.2) is 28.0 Å². The highest BCUT2D eigenvalue weighted by atomic mass is 16.4. The summed E-state index contributed by atoms with van der Waals surface area (Å²) in [6, 6.07) is 3.65. The second-order valence-electron chi connectivity index (χ2n) is 2.09. The summed E-state index contributed by atoms with van der Waals surface area (Å²) in [4.78, 5) is 0. The Labute approximate surface area is 59.0 Å². The van der Waals surface area contributed by atoms with Gasteiger partial charge in [0.2, 0.25) is 0 Å². The maximum Gasteiger partial charge on any atom is 0.109 e. The minimum absolute atomic E-state index is 0.573. The molecule has 0 atom stereocenters. The van der Waals surface area contributed by atoms with E-state index >= 15 is 0 Å². The Balaban J connectivity index is 2.56. The zero-order valence-electron chi connectivity index (χ0n) is 5.74. The van der Waals surface area contributed by atoms with Crippen LogP contribution in [0.5, 0.6) is 0 Å². The Kier molecular flexibility index (Phi) is 2.10. The molecule has 0 aliphatic heterocycles. The van der Waals surface area contributed by atoms with Crippen molar-refractivity contribution in [1.82, 2.24) is 0 Å². The lowest BCUT2D eigenvalue weighted by atomic mass is 10.2. The van der Waals surface area contributed by atoms with Crippen LogP contribution in [0.1, 0.15) is 12.7 Å². The number of hydrogen-bond donors (Lipinski definition) is 1. The first-order chi connectivity index (χ1) is 4.83. The molecule has 0 saturated carbocycles. The molecule has 1 aromatic heterocycles. The predicted molar refractivity (Wildman–Crippen MR) is 37.3 cm³/mol. The fourth-order valence-electron chi connectivity index (χ4n) is 0.701. The zero-order valence-corrected chi connectivity index (χ0v) is 5.74. The molecule has 54 valence electrons. The number of nitrogens with zero attached hydrogens (tertiary/aromatic N) is 1. The van der Waals surface area contributed by atoms with E-state index in [0.717, 1.165) is 5.76 Å². The molecule has 0 spiro atoms. The van der Waals surface area contributed by atoms with Crippen molar-refractivity contribution in [3.8, 4) is 0 Å². The van der Waals surface area contributed by atoms with Crippen LogP contribution in [0.2, 0.25) is 0 Å². The standard InChI is InChI=1S/C7H9NO2/c1-6(8-9)5-7-3-2-4-10-7/h2-4,9H,5H2,1H3. The minimum atomic E-state index is 0.573. The van der Waals surface area contributed by atoms with Crippen molar-refractivity contribution in [1.29, 1.82) is 0 Å². The lowest BCUT2D eigenvalue weighted by Gasteiger charge is -1.91. The molecule has 3 nitrogen and oxygen atoms in total. The van der Waals surface area contributed by atoms with Gasteiger partial charge in [-0.25, -0.2) is 0 Å². The molecule has 1 heterocycles. The largest absolute Gasteiger partial charge is 0.469 e. The van der Waals surface area contributed by atoms with E-state index in [9.17, 15) is 0 Å². The first-order valence-corrected chi connectivity index (χ1v) is 3.03. The molecular formula is C7H9NO2. The van der Waals surface area contributed by atoms with Gasteiger partial charge < -0.3 is 9.62 Å². The molecule has 0 aliphatic rings. The van der Waals surface area contributed by atoms with Gasteiger partial charge in [0.25, 0.3) is 0 Å². The predicted octanol–water partition coefficient (Wildman–Crippen LogP) is 1.67. The topological polar surface area (TPSA) is 45.7 Å². The Morgan fingerprint density at radius 2 is 2.60 bits per heavy atom. The third-order valence-corrected chi connectivity index (χ3v) is 1.18. The van der Waals surface area contributed by atoms with E-state index in [2.05, 4.69) is 5.16 Å². The number of furan rings is 1. The van der Waals surface area contributed by atoms with Crippen molar-refractivity contribution in [2.75, 3.05) is 0 Å². The van der Waals surface area contributed by atoms with Crippen LogP contribution in [-0.2, 0) is 6.42 Å². The van der Waals surface area contributed by atoms with Gasteiger partial charge in [0, 0.05) is 6.42 Å². The Hall–Kier alpha value is -1.25. The van der Waals surface area contributed by atoms with Crippen LogP contribution >= 0.6 is 0 Å². The molecule has 1 aromatic rings. The van der Waals surface area contributed by atoms with Crippen molar-refractivity contribution >= 4 is 5.71 Å². The molecule has 0 aromatic carbocycles. The maximum absolute atomic E-state index is 8.28. The Morgan fingerprint density at radius 3 is 3.10 bits per heavy atom. The fraction of sp³-hybridized carbons (Fsp3) is 0.286. The molecule has 0 unspecified atom stereocenters. The summed E-state index contributed by atoms with van der Waals surface area (Å²) >= 11 is 0. The molecule has 0 bridgehead atoms. The summed E-state index contributed by atoms with van der Waals surface area (Å²) < 4.78 is 5.01. The summed E-state index contributed by atoms with van der Waals surface area (Å²) in [7, 11) is 0. The highest BCUT2D eigenvalue weighted by molar-refractivity contribution is 5.82. The maximum atomic E-state index is 8.28. The van der Waals surface area contributed by atoms with Crippen LogP contribution in [0, 0.1) is 0 Å². The van der Waals surface area contributed by atoms with Crippen molar-refractivity contribution in [2.45, 2.75) is 13.3 Å². The van der Waals surface area contributed by atoms with E-state index in [0.29, 0.717) is 12.1 Å². The average molecular weight is 139 g/mol. The number of rotatable bonds is 2. The summed E-state index contributed by atoms with van der Waals surface area (Å²) in [5.41, 5.74) is 0.648. The minimum Gasteiger partial charge on any atom is -0.469 e. The van der Waals surface area contributed by atoms with E-state index in [1.807, 2.05) is 6.07 Å². The van der Waals surface area contributed by atoms with Gasteiger partial charge >= 0.3 is 0 Å². The van der Waals surface area contributed by atoms with E-state index in [1.54, 1.807) is 19.3 Å². The highest BCUT2D eigenvalue weighted by Gasteiger charge is 1.96. The molecule has 1 rings (SSSR count). The van der Waals surface area contributed by atoms with Crippen LogP contribution < -0.4 is 0 Å². The van der Waals surface area contributed by atoms with Gasteiger partial charge in [0.15, 0.2) is 0 Å². The highest BCUT2D eigenvalue weighted by Crippen LogP contribution is 2.01. The smallest absolute Gasteiger partial charge is 0.109 e. The van der Waals surface area contributed by atoms with Crippen molar-refractivity contribution in [3.05, 3.63) is 24.2 Å². The first-order valence-electron chi connectivity index (χ1n) is 3.03. The Morgan fingerprint density at radius 1 is 1.80 bits per heavy atom. The quantitative estimate of drug-likeness (QED) is 0.385. The molecule has 0 fully saturated rings. The molecule has 0 aliphatic carbocycles. The third-order valence-electron chi connectivity index (χ3n) is 1.18.